The minimum absolute atomic E-state index is 0.292. The first-order chi connectivity index (χ1) is 6.09. The molecule has 1 N–H and O–H groups in total. The third kappa shape index (κ3) is 3.35. The lowest BCUT2D eigenvalue weighted by atomic mass is 9.98. The van der Waals surface area contributed by atoms with Crippen LogP contribution in [-0.4, -0.2) is 37.5 Å². The lowest BCUT2D eigenvalue weighted by Crippen LogP contribution is -2.45. The molecule has 0 bridgehead atoms. The van der Waals surface area contributed by atoms with Crippen LogP contribution >= 0.6 is 0 Å². The van der Waals surface area contributed by atoms with Crippen LogP contribution in [-0.2, 0) is 4.79 Å². The van der Waals surface area contributed by atoms with Gasteiger partial charge in [0.15, 0.2) is 0 Å². The van der Waals surface area contributed by atoms with Crippen molar-refractivity contribution >= 4 is 5.91 Å². The molecule has 0 unspecified atom stereocenters. The maximum Gasteiger partial charge on any atom is 0.222 e. The van der Waals surface area contributed by atoms with Crippen LogP contribution in [0.25, 0.3) is 0 Å². The molecule has 0 aromatic heterocycles. The van der Waals surface area contributed by atoms with Crippen LogP contribution in [0.5, 0.6) is 0 Å². The van der Waals surface area contributed by atoms with Gasteiger partial charge >= 0.3 is 0 Å². The van der Waals surface area contributed by atoms with Crippen molar-refractivity contribution in [3.05, 3.63) is 0 Å². The summed E-state index contributed by atoms with van der Waals surface area (Å²) < 4.78 is 0. The summed E-state index contributed by atoms with van der Waals surface area (Å²) in [5.41, 5.74) is 0. The van der Waals surface area contributed by atoms with E-state index in [1.807, 2.05) is 11.9 Å². The molecular weight excluding hydrogens is 164 g/mol. The summed E-state index contributed by atoms with van der Waals surface area (Å²) in [6, 6.07) is 0. The van der Waals surface area contributed by atoms with Crippen molar-refractivity contribution in [1.82, 2.24) is 10.2 Å². The summed E-state index contributed by atoms with van der Waals surface area (Å²) in [4.78, 5) is 13.4. The number of nitrogens with one attached hydrogen (secondary N) is 1. The van der Waals surface area contributed by atoms with E-state index in [4.69, 9.17) is 0 Å². The number of carbonyl (C=O) groups excluding carboxylic acids is 1. The van der Waals surface area contributed by atoms with Crippen LogP contribution < -0.4 is 5.32 Å². The van der Waals surface area contributed by atoms with E-state index in [2.05, 4.69) is 19.2 Å². The van der Waals surface area contributed by atoms with E-state index >= 15 is 0 Å². The third-order valence-electron chi connectivity index (χ3n) is 2.39. The molecule has 1 rings (SSSR count). The first-order valence-corrected chi connectivity index (χ1v) is 5.04. The fraction of sp³-hybridized carbons (Fsp3) is 0.900. The molecule has 0 atom stereocenters. The fourth-order valence-electron chi connectivity index (χ4n) is 1.55. The molecule has 1 aliphatic heterocycles. The van der Waals surface area contributed by atoms with Gasteiger partial charge in [-0.2, -0.15) is 0 Å². The second kappa shape index (κ2) is 4.61. The average Bonchev–Trinajstić information content (AvgIpc) is 1.94. The molecule has 1 aliphatic rings. The molecule has 3 heteroatoms. The van der Waals surface area contributed by atoms with Gasteiger partial charge < -0.3 is 10.2 Å². The Labute approximate surface area is 80.5 Å². The summed E-state index contributed by atoms with van der Waals surface area (Å²) in [6.45, 7) is 7.17. The molecular formula is C10H20N2O. The van der Waals surface area contributed by atoms with Crippen molar-refractivity contribution in [3.63, 3.8) is 0 Å². The summed E-state index contributed by atoms with van der Waals surface area (Å²) in [6.07, 6.45) is 0.718. The van der Waals surface area contributed by atoms with E-state index < -0.39 is 0 Å². The summed E-state index contributed by atoms with van der Waals surface area (Å²) >= 11 is 0. The molecule has 0 aromatic carbocycles. The van der Waals surface area contributed by atoms with Gasteiger partial charge in [-0.1, -0.05) is 13.8 Å². The Bertz CT molecular complexity index is 176. The van der Waals surface area contributed by atoms with Crippen LogP contribution in [0.2, 0.25) is 0 Å². The maximum absolute atomic E-state index is 11.6. The third-order valence-corrected chi connectivity index (χ3v) is 2.39. The second-order valence-corrected chi connectivity index (χ2v) is 4.40. The number of rotatable bonds is 4. The van der Waals surface area contributed by atoms with E-state index in [0.717, 1.165) is 26.1 Å². The quantitative estimate of drug-likeness (QED) is 0.698. The van der Waals surface area contributed by atoms with Crippen molar-refractivity contribution in [3.8, 4) is 0 Å². The molecule has 0 saturated carbocycles. The van der Waals surface area contributed by atoms with Gasteiger partial charge in [0, 0.05) is 20.0 Å². The van der Waals surface area contributed by atoms with E-state index in [1.54, 1.807) is 0 Å². The van der Waals surface area contributed by atoms with Crippen LogP contribution in [0.1, 0.15) is 20.3 Å². The van der Waals surface area contributed by atoms with E-state index in [9.17, 15) is 4.79 Å². The Morgan fingerprint density at radius 1 is 1.54 bits per heavy atom. The topological polar surface area (TPSA) is 32.3 Å². The van der Waals surface area contributed by atoms with Crippen molar-refractivity contribution in [1.29, 1.82) is 0 Å². The molecule has 1 saturated heterocycles. The van der Waals surface area contributed by atoms with Gasteiger partial charge in [-0.05, 0) is 24.9 Å². The Balaban J connectivity index is 2.20. The van der Waals surface area contributed by atoms with E-state index in [0.29, 0.717) is 17.7 Å². The number of amides is 1. The first-order valence-electron chi connectivity index (χ1n) is 5.04. The number of nitrogens with zero attached hydrogens (tertiary/aromatic N) is 1. The average molecular weight is 184 g/mol. The first kappa shape index (κ1) is 10.5. The number of carbonyl (C=O) groups is 1. The predicted octanol–water partition coefficient (Wildman–Crippen LogP) is 0.710. The summed E-state index contributed by atoms with van der Waals surface area (Å²) in [5, 5.41) is 3.18. The van der Waals surface area contributed by atoms with E-state index in [1.165, 1.54) is 0 Å². The van der Waals surface area contributed by atoms with Gasteiger partial charge in [0.25, 0.3) is 0 Å². The molecule has 76 valence electrons. The monoisotopic (exact) mass is 184 g/mol. The highest BCUT2D eigenvalue weighted by Crippen LogP contribution is 2.10. The molecule has 0 aliphatic carbocycles. The van der Waals surface area contributed by atoms with Crippen molar-refractivity contribution in [2.75, 3.05) is 26.7 Å². The lowest BCUT2D eigenvalue weighted by Gasteiger charge is -2.29. The zero-order valence-corrected chi connectivity index (χ0v) is 8.84. The molecule has 0 radical (unpaired) electrons. The van der Waals surface area contributed by atoms with Crippen molar-refractivity contribution in [2.24, 2.45) is 11.8 Å². The largest absolute Gasteiger partial charge is 0.345 e. The Hall–Kier alpha value is -0.570. The van der Waals surface area contributed by atoms with Gasteiger partial charge in [0.05, 0.1) is 0 Å². The van der Waals surface area contributed by atoms with Crippen molar-refractivity contribution < 1.29 is 4.79 Å². The smallest absolute Gasteiger partial charge is 0.222 e. The fourth-order valence-corrected chi connectivity index (χ4v) is 1.55. The van der Waals surface area contributed by atoms with E-state index in [-0.39, 0.29) is 0 Å². The molecule has 0 spiro atoms. The van der Waals surface area contributed by atoms with Crippen molar-refractivity contribution in [2.45, 2.75) is 20.3 Å². The zero-order valence-electron chi connectivity index (χ0n) is 8.84. The molecule has 0 aromatic rings. The van der Waals surface area contributed by atoms with Gasteiger partial charge in [0.2, 0.25) is 5.91 Å². The Morgan fingerprint density at radius 3 is 2.54 bits per heavy atom. The molecule has 1 heterocycles. The second-order valence-electron chi connectivity index (χ2n) is 4.40. The van der Waals surface area contributed by atoms with Gasteiger partial charge in [0.1, 0.15) is 0 Å². The molecule has 1 fully saturated rings. The molecule has 1 amide bonds. The Morgan fingerprint density at radius 2 is 2.15 bits per heavy atom. The standard InChI is InChI=1S/C10H20N2O/c1-8(2)7-12(3)10(13)4-9-5-11-6-9/h8-9,11H,4-7H2,1-3H3. The van der Waals surface area contributed by atoms with Crippen LogP contribution in [0.15, 0.2) is 0 Å². The number of hydrogen-bond acceptors (Lipinski definition) is 2. The van der Waals surface area contributed by atoms with Gasteiger partial charge in [-0.3, -0.25) is 4.79 Å². The normalized spacial score (nSPS) is 17.2. The minimum atomic E-state index is 0.292. The molecule has 13 heavy (non-hydrogen) atoms. The number of hydrogen-bond donors (Lipinski definition) is 1. The van der Waals surface area contributed by atoms with Gasteiger partial charge in [-0.15, -0.1) is 0 Å². The zero-order chi connectivity index (χ0) is 9.84. The predicted molar refractivity (Wildman–Crippen MR) is 53.5 cm³/mol. The maximum atomic E-state index is 11.6. The highest BCUT2D eigenvalue weighted by atomic mass is 16.2. The Kier molecular flexibility index (Phi) is 3.72. The summed E-state index contributed by atoms with van der Waals surface area (Å²) in [7, 11) is 1.90. The lowest BCUT2D eigenvalue weighted by molar-refractivity contribution is -0.131. The molecule has 3 nitrogen and oxygen atoms in total. The van der Waals surface area contributed by atoms with Gasteiger partial charge in [-0.25, -0.2) is 0 Å². The highest BCUT2D eigenvalue weighted by molar-refractivity contribution is 5.76. The SMILES string of the molecule is CC(C)CN(C)C(=O)CC1CNC1. The highest BCUT2D eigenvalue weighted by Gasteiger charge is 2.21. The minimum Gasteiger partial charge on any atom is -0.345 e. The van der Waals surface area contributed by atoms with Crippen LogP contribution in [0, 0.1) is 11.8 Å². The summed E-state index contributed by atoms with van der Waals surface area (Å²) in [5.74, 6) is 1.44. The van der Waals surface area contributed by atoms with Crippen LogP contribution in [0.4, 0.5) is 0 Å². The van der Waals surface area contributed by atoms with Crippen LogP contribution in [0.3, 0.4) is 0 Å².